The molecule has 0 radical (unpaired) electrons. The molecule has 1 aromatic heterocycles. The van der Waals surface area contributed by atoms with E-state index in [2.05, 4.69) is 20.8 Å². The number of rotatable bonds is 6. The quantitative estimate of drug-likeness (QED) is 0.731. The third-order valence-electron chi connectivity index (χ3n) is 2.70. The normalized spacial score (nSPS) is 12.5. The highest BCUT2D eigenvalue weighted by Crippen LogP contribution is 2.30. The van der Waals surface area contributed by atoms with Gasteiger partial charge in [0.1, 0.15) is 24.0 Å². The third-order valence-corrected chi connectivity index (χ3v) is 3.31. The summed E-state index contributed by atoms with van der Waals surface area (Å²) in [5.41, 5.74) is 0.660. The van der Waals surface area contributed by atoms with E-state index in [1.54, 1.807) is 0 Å². The van der Waals surface area contributed by atoms with E-state index in [0.717, 1.165) is 35.6 Å². The number of halogens is 3. The Bertz CT molecular complexity index is 649. The molecule has 0 aliphatic heterocycles. The van der Waals surface area contributed by atoms with Crippen LogP contribution < -0.4 is 15.4 Å². The minimum absolute atomic E-state index is 0.106. The molecule has 0 bridgehead atoms. The molecule has 0 fully saturated rings. The van der Waals surface area contributed by atoms with Gasteiger partial charge in [-0.1, -0.05) is 11.3 Å². The van der Waals surface area contributed by atoms with E-state index < -0.39 is 23.9 Å². The number of amides is 2. The number of hydrogen-bond donors (Lipinski definition) is 3. The molecule has 0 aliphatic carbocycles. The summed E-state index contributed by atoms with van der Waals surface area (Å²) < 4.78 is 42.4. The first kappa shape index (κ1) is 17.9. The summed E-state index contributed by atoms with van der Waals surface area (Å²) in [6.07, 6.45) is -5.45. The number of carbonyl (C=O) groups excluding carboxylic acids is 1. The highest BCUT2D eigenvalue weighted by molar-refractivity contribution is 7.13. The molecular weight excluding hydrogens is 349 g/mol. The van der Waals surface area contributed by atoms with Crippen LogP contribution in [0.3, 0.4) is 0 Å². The van der Waals surface area contributed by atoms with Crippen molar-refractivity contribution in [2.24, 2.45) is 0 Å². The third kappa shape index (κ3) is 5.66. The van der Waals surface area contributed by atoms with Gasteiger partial charge in [0.05, 0.1) is 5.56 Å². The number of benzene rings is 1. The summed E-state index contributed by atoms with van der Waals surface area (Å²) in [7, 11) is 0. The van der Waals surface area contributed by atoms with Gasteiger partial charge in [0.25, 0.3) is 0 Å². The SMILES string of the molecule is O=C(NCC(O)COc1ccc(C(F)(F)F)cc1)Nc1nncs1. The van der Waals surface area contributed by atoms with Crippen LogP contribution in [0.25, 0.3) is 0 Å². The molecule has 1 atom stereocenters. The number of carbonyl (C=O) groups is 1. The summed E-state index contributed by atoms with van der Waals surface area (Å²) in [6, 6.07) is 3.52. The van der Waals surface area contributed by atoms with E-state index in [1.165, 1.54) is 5.51 Å². The monoisotopic (exact) mass is 362 g/mol. The van der Waals surface area contributed by atoms with Crippen molar-refractivity contribution in [1.29, 1.82) is 0 Å². The molecule has 7 nitrogen and oxygen atoms in total. The predicted octanol–water partition coefficient (Wildman–Crippen LogP) is 2.12. The van der Waals surface area contributed by atoms with Gasteiger partial charge in [-0.2, -0.15) is 13.2 Å². The fraction of sp³-hybridized carbons (Fsp3) is 0.308. The molecular formula is C13H13F3N4O3S. The van der Waals surface area contributed by atoms with Crippen LogP contribution in [0.2, 0.25) is 0 Å². The zero-order valence-corrected chi connectivity index (χ0v) is 12.9. The molecule has 0 saturated heterocycles. The van der Waals surface area contributed by atoms with Gasteiger partial charge in [-0.05, 0) is 24.3 Å². The van der Waals surface area contributed by atoms with Gasteiger partial charge in [0.2, 0.25) is 5.13 Å². The van der Waals surface area contributed by atoms with Crippen LogP contribution in [0.15, 0.2) is 29.8 Å². The Morgan fingerprint density at radius 1 is 1.33 bits per heavy atom. The average molecular weight is 362 g/mol. The zero-order valence-electron chi connectivity index (χ0n) is 12.1. The Morgan fingerprint density at radius 2 is 2.04 bits per heavy atom. The number of hydrogen-bond acceptors (Lipinski definition) is 6. The summed E-state index contributed by atoms with van der Waals surface area (Å²) in [6.45, 7) is -0.296. The van der Waals surface area contributed by atoms with E-state index in [0.29, 0.717) is 5.13 Å². The van der Waals surface area contributed by atoms with Gasteiger partial charge in [-0.3, -0.25) is 5.32 Å². The summed E-state index contributed by atoms with van der Waals surface area (Å²) >= 11 is 1.13. The van der Waals surface area contributed by atoms with Crippen LogP contribution in [0.4, 0.5) is 23.1 Å². The number of aromatic nitrogens is 2. The van der Waals surface area contributed by atoms with Gasteiger partial charge in [-0.25, -0.2) is 4.79 Å². The zero-order chi connectivity index (χ0) is 17.6. The Labute approximate surface area is 138 Å². The number of alkyl halides is 3. The Morgan fingerprint density at radius 3 is 2.62 bits per heavy atom. The molecule has 11 heteroatoms. The number of ether oxygens (including phenoxy) is 1. The lowest BCUT2D eigenvalue weighted by molar-refractivity contribution is -0.137. The standard InChI is InChI=1S/C13H13F3N4O3S/c14-13(15,16)8-1-3-10(4-2-8)23-6-9(21)5-17-11(22)19-12-20-18-7-24-12/h1-4,7,9,21H,5-6H2,(H2,17,19,20,22). The molecule has 1 heterocycles. The molecule has 2 aromatic rings. The van der Waals surface area contributed by atoms with E-state index in [9.17, 15) is 23.1 Å². The van der Waals surface area contributed by atoms with Crippen LogP contribution in [0, 0.1) is 0 Å². The lowest BCUT2D eigenvalue weighted by Crippen LogP contribution is -2.37. The van der Waals surface area contributed by atoms with Crippen molar-refractivity contribution < 1.29 is 27.8 Å². The summed E-state index contributed by atoms with van der Waals surface area (Å²) in [5, 5.41) is 22.0. The van der Waals surface area contributed by atoms with Crippen molar-refractivity contribution in [3.8, 4) is 5.75 Å². The molecule has 2 rings (SSSR count). The number of anilines is 1. The molecule has 0 spiro atoms. The summed E-state index contributed by atoms with van der Waals surface area (Å²) in [5.74, 6) is 0.181. The molecule has 1 aromatic carbocycles. The van der Waals surface area contributed by atoms with Crippen molar-refractivity contribution in [2.75, 3.05) is 18.5 Å². The minimum atomic E-state index is -4.41. The van der Waals surface area contributed by atoms with Crippen molar-refractivity contribution in [1.82, 2.24) is 15.5 Å². The Hall–Kier alpha value is -2.40. The minimum Gasteiger partial charge on any atom is -0.491 e. The molecule has 130 valence electrons. The molecule has 0 aliphatic rings. The van der Waals surface area contributed by atoms with Gasteiger partial charge in [-0.15, -0.1) is 10.2 Å². The largest absolute Gasteiger partial charge is 0.491 e. The van der Waals surface area contributed by atoms with Gasteiger partial charge in [0, 0.05) is 6.54 Å². The van der Waals surface area contributed by atoms with E-state index in [4.69, 9.17) is 4.74 Å². The first-order valence-corrected chi connectivity index (χ1v) is 7.51. The maximum Gasteiger partial charge on any atom is 0.416 e. The topological polar surface area (TPSA) is 96.4 Å². The second-order valence-electron chi connectivity index (χ2n) is 4.57. The van der Waals surface area contributed by atoms with E-state index >= 15 is 0 Å². The molecule has 24 heavy (non-hydrogen) atoms. The second kappa shape index (κ2) is 7.93. The van der Waals surface area contributed by atoms with E-state index in [1.807, 2.05) is 0 Å². The first-order valence-electron chi connectivity index (χ1n) is 6.64. The van der Waals surface area contributed by atoms with E-state index in [-0.39, 0.29) is 18.9 Å². The van der Waals surface area contributed by atoms with Gasteiger partial charge >= 0.3 is 12.2 Å². The van der Waals surface area contributed by atoms with Gasteiger partial charge in [0.15, 0.2) is 0 Å². The average Bonchev–Trinajstić information content (AvgIpc) is 3.03. The number of urea groups is 1. The molecule has 0 saturated carbocycles. The van der Waals surface area contributed by atoms with Crippen LogP contribution >= 0.6 is 11.3 Å². The lowest BCUT2D eigenvalue weighted by Gasteiger charge is -2.14. The van der Waals surface area contributed by atoms with Crippen LogP contribution in [-0.4, -0.2) is 40.6 Å². The first-order chi connectivity index (χ1) is 11.3. The highest BCUT2D eigenvalue weighted by atomic mass is 32.1. The van der Waals surface area contributed by atoms with Crippen molar-refractivity contribution in [2.45, 2.75) is 12.3 Å². The maximum absolute atomic E-state index is 12.4. The van der Waals surface area contributed by atoms with Crippen molar-refractivity contribution in [3.05, 3.63) is 35.3 Å². The number of nitrogens with zero attached hydrogens (tertiary/aromatic N) is 2. The van der Waals surface area contributed by atoms with Crippen LogP contribution in [0.1, 0.15) is 5.56 Å². The Balaban J connectivity index is 1.71. The number of aliphatic hydroxyl groups is 1. The lowest BCUT2D eigenvalue weighted by atomic mass is 10.2. The fourth-order valence-corrected chi connectivity index (χ4v) is 2.01. The fourth-order valence-electron chi connectivity index (χ4n) is 1.57. The van der Waals surface area contributed by atoms with Gasteiger partial charge < -0.3 is 15.2 Å². The highest BCUT2D eigenvalue weighted by Gasteiger charge is 2.30. The second-order valence-corrected chi connectivity index (χ2v) is 5.40. The van der Waals surface area contributed by atoms with Crippen molar-refractivity contribution >= 4 is 22.5 Å². The smallest absolute Gasteiger partial charge is 0.416 e. The maximum atomic E-state index is 12.4. The van der Waals surface area contributed by atoms with Crippen LogP contribution in [0.5, 0.6) is 5.75 Å². The predicted molar refractivity (Wildman–Crippen MR) is 79.9 cm³/mol. The van der Waals surface area contributed by atoms with Crippen molar-refractivity contribution in [3.63, 3.8) is 0 Å². The molecule has 1 unspecified atom stereocenters. The molecule has 3 N–H and O–H groups in total. The molecule has 2 amide bonds. The number of nitrogens with one attached hydrogen (secondary N) is 2. The van der Waals surface area contributed by atoms with Crippen LogP contribution in [-0.2, 0) is 6.18 Å². The Kier molecular flexibility index (Phi) is 5.93. The summed E-state index contributed by atoms with van der Waals surface area (Å²) in [4.78, 5) is 11.5. The number of aliphatic hydroxyl groups excluding tert-OH is 1.